The number of aryl methyl sites for hydroxylation is 1. The molecule has 0 spiro atoms. The van der Waals surface area contributed by atoms with Gasteiger partial charge in [-0.15, -0.1) is 0 Å². The number of amides is 1. The molecule has 7 nitrogen and oxygen atoms in total. The van der Waals surface area contributed by atoms with Gasteiger partial charge in [0.1, 0.15) is 5.82 Å². The number of benzene rings is 1. The lowest BCUT2D eigenvalue weighted by Crippen LogP contribution is -2.30. The second kappa shape index (κ2) is 8.16. The minimum atomic E-state index is -0.833. The number of carboxylic acids is 1. The average molecular weight is 369 g/mol. The standard InChI is InChI=1S/C20H23N3O4/c1-2-15-11-17(24)23-18(21-15)12-5-4-8-16(10-12)22-19(25)13-6-3-7-14(9-13)20(26)27/h4-5,8,10-11,13-14H,2-3,6-7,9H2,1H3,(H,22,25)(H,26,27)(H,21,23,24). The Morgan fingerprint density at radius 3 is 2.78 bits per heavy atom. The highest BCUT2D eigenvalue weighted by molar-refractivity contribution is 5.93. The van der Waals surface area contributed by atoms with Crippen molar-refractivity contribution in [1.82, 2.24) is 9.97 Å². The van der Waals surface area contributed by atoms with Crippen molar-refractivity contribution in [1.29, 1.82) is 0 Å². The second-order valence-corrected chi connectivity index (χ2v) is 6.91. The zero-order valence-corrected chi connectivity index (χ0v) is 15.2. The summed E-state index contributed by atoms with van der Waals surface area (Å²) in [7, 11) is 0. The number of hydrogen-bond acceptors (Lipinski definition) is 4. The van der Waals surface area contributed by atoms with E-state index in [1.165, 1.54) is 6.07 Å². The van der Waals surface area contributed by atoms with E-state index in [2.05, 4.69) is 15.3 Å². The van der Waals surface area contributed by atoms with Gasteiger partial charge in [0, 0.05) is 28.9 Å². The van der Waals surface area contributed by atoms with Gasteiger partial charge in [-0.3, -0.25) is 14.4 Å². The van der Waals surface area contributed by atoms with Crippen molar-refractivity contribution in [3.63, 3.8) is 0 Å². The number of carbonyl (C=O) groups is 2. The van der Waals surface area contributed by atoms with Crippen LogP contribution in [0.5, 0.6) is 0 Å². The first kappa shape index (κ1) is 18.8. The Morgan fingerprint density at radius 1 is 1.26 bits per heavy atom. The Labute approximate surface area is 156 Å². The summed E-state index contributed by atoms with van der Waals surface area (Å²) in [5.74, 6) is -1.29. The lowest BCUT2D eigenvalue weighted by Gasteiger charge is -2.25. The number of carboxylic acid groups (broad SMARTS) is 1. The van der Waals surface area contributed by atoms with Crippen LogP contribution >= 0.6 is 0 Å². The fourth-order valence-corrected chi connectivity index (χ4v) is 3.47. The molecule has 0 bridgehead atoms. The van der Waals surface area contributed by atoms with Crippen molar-refractivity contribution in [2.75, 3.05) is 5.32 Å². The molecule has 0 aliphatic heterocycles. The van der Waals surface area contributed by atoms with Crippen LogP contribution in [0.15, 0.2) is 35.1 Å². The highest BCUT2D eigenvalue weighted by Crippen LogP contribution is 2.30. The van der Waals surface area contributed by atoms with Gasteiger partial charge in [0.25, 0.3) is 5.56 Å². The number of aliphatic carboxylic acids is 1. The molecule has 3 rings (SSSR count). The van der Waals surface area contributed by atoms with Crippen molar-refractivity contribution in [2.24, 2.45) is 11.8 Å². The fourth-order valence-electron chi connectivity index (χ4n) is 3.47. The predicted octanol–water partition coefficient (Wildman–Crippen LogP) is 2.83. The van der Waals surface area contributed by atoms with E-state index in [1.807, 2.05) is 13.0 Å². The summed E-state index contributed by atoms with van der Waals surface area (Å²) in [6, 6.07) is 8.59. The maximum absolute atomic E-state index is 12.6. The summed E-state index contributed by atoms with van der Waals surface area (Å²) in [6.07, 6.45) is 3.09. The number of carbonyl (C=O) groups excluding carboxylic acids is 1. The molecule has 2 atom stereocenters. The number of anilines is 1. The third-order valence-electron chi connectivity index (χ3n) is 4.95. The summed E-state index contributed by atoms with van der Waals surface area (Å²) in [5, 5.41) is 12.1. The smallest absolute Gasteiger partial charge is 0.306 e. The first-order valence-corrected chi connectivity index (χ1v) is 9.20. The SMILES string of the molecule is CCc1cc(=O)[nH]c(-c2cccc(NC(=O)C3CCCC(C(=O)O)C3)c2)n1. The zero-order valence-electron chi connectivity index (χ0n) is 15.2. The lowest BCUT2D eigenvalue weighted by molar-refractivity contribution is -0.143. The minimum Gasteiger partial charge on any atom is -0.481 e. The first-order valence-electron chi connectivity index (χ1n) is 9.20. The maximum Gasteiger partial charge on any atom is 0.306 e. The number of H-pyrrole nitrogens is 1. The molecule has 1 fully saturated rings. The van der Waals surface area contributed by atoms with Crippen LogP contribution in [0.2, 0.25) is 0 Å². The number of hydrogen-bond donors (Lipinski definition) is 3. The molecule has 7 heteroatoms. The minimum absolute atomic E-state index is 0.165. The van der Waals surface area contributed by atoms with Gasteiger partial charge in [0.05, 0.1) is 5.92 Å². The highest BCUT2D eigenvalue weighted by atomic mass is 16.4. The molecule has 0 radical (unpaired) electrons. The molecule has 0 saturated heterocycles. The molecule has 1 saturated carbocycles. The third-order valence-corrected chi connectivity index (χ3v) is 4.95. The Kier molecular flexibility index (Phi) is 5.69. The molecule has 1 aliphatic rings. The Balaban J connectivity index is 1.76. The van der Waals surface area contributed by atoms with Gasteiger partial charge in [-0.25, -0.2) is 4.98 Å². The molecular formula is C20H23N3O4. The topological polar surface area (TPSA) is 112 Å². The molecule has 1 heterocycles. The van der Waals surface area contributed by atoms with Gasteiger partial charge >= 0.3 is 5.97 Å². The van der Waals surface area contributed by atoms with Gasteiger partial charge in [0.2, 0.25) is 5.91 Å². The van der Waals surface area contributed by atoms with Crippen molar-refractivity contribution in [2.45, 2.75) is 39.0 Å². The van der Waals surface area contributed by atoms with E-state index in [0.29, 0.717) is 48.5 Å². The fraction of sp³-hybridized carbons (Fsp3) is 0.400. The largest absolute Gasteiger partial charge is 0.481 e. The van der Waals surface area contributed by atoms with Crippen molar-refractivity contribution in [3.05, 3.63) is 46.4 Å². The number of aromatic amines is 1. The van der Waals surface area contributed by atoms with Crippen molar-refractivity contribution in [3.8, 4) is 11.4 Å². The molecule has 1 aromatic heterocycles. The van der Waals surface area contributed by atoms with Crippen LogP contribution in [0.3, 0.4) is 0 Å². The van der Waals surface area contributed by atoms with Crippen LogP contribution in [0, 0.1) is 11.8 Å². The second-order valence-electron chi connectivity index (χ2n) is 6.91. The number of nitrogens with zero attached hydrogens (tertiary/aromatic N) is 1. The van der Waals surface area contributed by atoms with Gasteiger partial charge < -0.3 is 15.4 Å². The Hall–Kier alpha value is -2.96. The van der Waals surface area contributed by atoms with E-state index in [9.17, 15) is 19.5 Å². The van der Waals surface area contributed by atoms with Crippen LogP contribution in [0.25, 0.3) is 11.4 Å². The summed E-state index contributed by atoms with van der Waals surface area (Å²) in [5.41, 5.74) is 1.78. The van der Waals surface area contributed by atoms with Gasteiger partial charge in [-0.1, -0.05) is 25.5 Å². The summed E-state index contributed by atoms with van der Waals surface area (Å²) in [4.78, 5) is 42.7. The van der Waals surface area contributed by atoms with E-state index >= 15 is 0 Å². The van der Waals surface area contributed by atoms with E-state index in [-0.39, 0.29) is 17.4 Å². The number of aromatic nitrogens is 2. The van der Waals surface area contributed by atoms with Crippen LogP contribution in [0.4, 0.5) is 5.69 Å². The van der Waals surface area contributed by atoms with Crippen molar-refractivity contribution >= 4 is 17.6 Å². The first-order chi connectivity index (χ1) is 13.0. The summed E-state index contributed by atoms with van der Waals surface area (Å²) >= 11 is 0. The molecule has 1 amide bonds. The average Bonchev–Trinajstić information content (AvgIpc) is 2.67. The number of rotatable bonds is 5. The maximum atomic E-state index is 12.6. The van der Waals surface area contributed by atoms with Gasteiger partial charge in [-0.05, 0) is 37.8 Å². The molecule has 1 aromatic carbocycles. The van der Waals surface area contributed by atoms with Crippen molar-refractivity contribution < 1.29 is 14.7 Å². The molecule has 2 aromatic rings. The van der Waals surface area contributed by atoms with Crippen LogP contribution in [0.1, 0.15) is 38.3 Å². The van der Waals surface area contributed by atoms with Gasteiger partial charge in [-0.2, -0.15) is 0 Å². The third kappa shape index (κ3) is 4.61. The molecule has 1 aliphatic carbocycles. The van der Waals surface area contributed by atoms with Crippen LogP contribution in [-0.2, 0) is 16.0 Å². The van der Waals surface area contributed by atoms with E-state index < -0.39 is 11.9 Å². The van der Waals surface area contributed by atoms with E-state index in [0.717, 1.165) is 6.42 Å². The number of nitrogens with one attached hydrogen (secondary N) is 2. The van der Waals surface area contributed by atoms with E-state index in [4.69, 9.17) is 0 Å². The molecule has 142 valence electrons. The zero-order chi connectivity index (χ0) is 19.4. The Morgan fingerprint density at radius 2 is 2.04 bits per heavy atom. The molecule has 27 heavy (non-hydrogen) atoms. The molecular weight excluding hydrogens is 346 g/mol. The summed E-state index contributed by atoms with van der Waals surface area (Å²) < 4.78 is 0. The van der Waals surface area contributed by atoms with E-state index in [1.54, 1.807) is 18.2 Å². The monoisotopic (exact) mass is 369 g/mol. The van der Waals surface area contributed by atoms with Crippen LogP contribution < -0.4 is 10.9 Å². The molecule has 3 N–H and O–H groups in total. The lowest BCUT2D eigenvalue weighted by atomic mass is 9.81. The van der Waals surface area contributed by atoms with Gasteiger partial charge in [0.15, 0.2) is 0 Å². The molecule has 2 unspecified atom stereocenters. The highest BCUT2D eigenvalue weighted by Gasteiger charge is 2.31. The Bertz CT molecular complexity index is 906. The predicted molar refractivity (Wildman–Crippen MR) is 101 cm³/mol. The summed E-state index contributed by atoms with van der Waals surface area (Å²) in [6.45, 7) is 1.93. The normalized spacial score (nSPS) is 19.4. The quantitative estimate of drug-likeness (QED) is 0.750. The van der Waals surface area contributed by atoms with Crippen LogP contribution in [-0.4, -0.2) is 27.0 Å².